The molecular formula is C16H31N3O3. The molecule has 0 aromatic rings. The van der Waals surface area contributed by atoms with Crippen molar-refractivity contribution in [3.63, 3.8) is 0 Å². The third-order valence-corrected chi connectivity index (χ3v) is 5.25. The molecule has 0 aliphatic heterocycles. The number of aliphatic carboxylic acids is 1. The molecule has 22 heavy (non-hydrogen) atoms. The Kier molecular flexibility index (Phi) is 5.49. The molecule has 0 bridgehead atoms. The van der Waals surface area contributed by atoms with Crippen LogP contribution in [0.1, 0.15) is 46.5 Å². The standard InChI is InChI=1S/C16H31N3O3/c1-15(2)10-8-9-11-16(15,3)19(14(22)18(6)7)12(13(20)21)17(4)5/h12H,8-11H2,1-7H3,(H,20,21). The third-order valence-electron chi connectivity index (χ3n) is 5.25. The number of carboxylic acid groups (broad SMARTS) is 1. The van der Waals surface area contributed by atoms with E-state index < -0.39 is 17.7 Å². The minimum atomic E-state index is -0.997. The number of carbonyl (C=O) groups is 2. The van der Waals surface area contributed by atoms with Crippen molar-refractivity contribution < 1.29 is 14.7 Å². The van der Waals surface area contributed by atoms with Crippen LogP contribution in [0.4, 0.5) is 4.79 Å². The average Bonchev–Trinajstić information content (AvgIpc) is 2.37. The molecular weight excluding hydrogens is 282 g/mol. The van der Waals surface area contributed by atoms with Crippen molar-refractivity contribution in [2.75, 3.05) is 28.2 Å². The molecule has 6 nitrogen and oxygen atoms in total. The zero-order chi connectivity index (χ0) is 17.3. The number of carbonyl (C=O) groups excluding carboxylic acids is 1. The van der Waals surface area contributed by atoms with Crippen LogP contribution in [-0.4, -0.2) is 71.7 Å². The van der Waals surface area contributed by atoms with E-state index in [2.05, 4.69) is 13.8 Å². The maximum atomic E-state index is 12.8. The molecule has 2 unspecified atom stereocenters. The lowest BCUT2D eigenvalue weighted by Crippen LogP contribution is -2.68. The topological polar surface area (TPSA) is 64.1 Å². The minimum Gasteiger partial charge on any atom is -0.479 e. The fourth-order valence-electron chi connectivity index (χ4n) is 3.45. The number of amides is 2. The Hall–Kier alpha value is -1.30. The molecule has 1 aliphatic rings. The van der Waals surface area contributed by atoms with Crippen molar-refractivity contribution in [2.45, 2.75) is 58.2 Å². The number of carboxylic acids is 1. The second kappa shape index (κ2) is 6.44. The number of likely N-dealkylation sites (N-methyl/N-ethyl adjacent to an activating group) is 1. The van der Waals surface area contributed by atoms with E-state index in [-0.39, 0.29) is 11.4 Å². The van der Waals surface area contributed by atoms with Gasteiger partial charge in [-0.3, -0.25) is 9.80 Å². The number of rotatable bonds is 4. The van der Waals surface area contributed by atoms with Gasteiger partial charge in [0.25, 0.3) is 0 Å². The SMILES string of the molecule is CN(C)C(=O)N(C(C(=O)O)N(C)C)C1(C)CCCCC1(C)C. The summed E-state index contributed by atoms with van der Waals surface area (Å²) in [6.07, 6.45) is 2.96. The van der Waals surface area contributed by atoms with Crippen molar-refractivity contribution in [2.24, 2.45) is 5.41 Å². The van der Waals surface area contributed by atoms with Gasteiger partial charge in [0.15, 0.2) is 6.17 Å². The first-order chi connectivity index (χ1) is 9.95. The van der Waals surface area contributed by atoms with E-state index in [1.807, 2.05) is 6.92 Å². The van der Waals surface area contributed by atoms with Gasteiger partial charge in [-0.25, -0.2) is 9.59 Å². The summed E-state index contributed by atoms with van der Waals surface area (Å²) >= 11 is 0. The molecule has 2 atom stereocenters. The first-order valence-electron chi connectivity index (χ1n) is 7.85. The Labute approximate surface area is 134 Å². The summed E-state index contributed by atoms with van der Waals surface area (Å²) in [5.74, 6) is -0.997. The highest BCUT2D eigenvalue weighted by Crippen LogP contribution is 2.48. The lowest BCUT2D eigenvalue weighted by Gasteiger charge is -2.56. The molecule has 1 rings (SSSR count). The predicted molar refractivity (Wildman–Crippen MR) is 86.7 cm³/mol. The number of hydrogen-bond acceptors (Lipinski definition) is 3. The van der Waals surface area contributed by atoms with Gasteiger partial charge >= 0.3 is 12.0 Å². The molecule has 1 saturated carbocycles. The number of urea groups is 1. The van der Waals surface area contributed by atoms with Gasteiger partial charge in [0.05, 0.1) is 0 Å². The Morgan fingerprint density at radius 1 is 1.00 bits per heavy atom. The number of nitrogens with zero attached hydrogens (tertiary/aromatic N) is 3. The highest BCUT2D eigenvalue weighted by atomic mass is 16.4. The van der Waals surface area contributed by atoms with Gasteiger partial charge in [0, 0.05) is 19.6 Å². The molecule has 0 aromatic carbocycles. The quantitative estimate of drug-likeness (QED) is 0.809. The molecule has 128 valence electrons. The Bertz CT molecular complexity index is 434. The minimum absolute atomic E-state index is 0.138. The van der Waals surface area contributed by atoms with Crippen LogP contribution in [0.15, 0.2) is 0 Å². The van der Waals surface area contributed by atoms with Crippen LogP contribution in [0.25, 0.3) is 0 Å². The Morgan fingerprint density at radius 3 is 1.86 bits per heavy atom. The fraction of sp³-hybridized carbons (Fsp3) is 0.875. The first-order valence-corrected chi connectivity index (χ1v) is 7.85. The Morgan fingerprint density at radius 2 is 1.50 bits per heavy atom. The van der Waals surface area contributed by atoms with Crippen LogP contribution in [0.2, 0.25) is 0 Å². The smallest absolute Gasteiger partial charge is 0.341 e. The van der Waals surface area contributed by atoms with Crippen LogP contribution in [-0.2, 0) is 4.79 Å². The van der Waals surface area contributed by atoms with E-state index in [1.165, 1.54) is 4.90 Å². The summed E-state index contributed by atoms with van der Waals surface area (Å²) in [6.45, 7) is 6.31. The highest BCUT2D eigenvalue weighted by molar-refractivity contribution is 5.83. The van der Waals surface area contributed by atoms with Crippen molar-refractivity contribution in [3.05, 3.63) is 0 Å². The molecule has 1 aliphatic carbocycles. The summed E-state index contributed by atoms with van der Waals surface area (Å²) in [5.41, 5.74) is -0.638. The monoisotopic (exact) mass is 313 g/mol. The van der Waals surface area contributed by atoms with Crippen LogP contribution in [0.3, 0.4) is 0 Å². The van der Waals surface area contributed by atoms with Gasteiger partial charge in [-0.05, 0) is 39.3 Å². The van der Waals surface area contributed by atoms with Gasteiger partial charge in [-0.1, -0.05) is 26.7 Å². The molecule has 0 radical (unpaired) electrons. The zero-order valence-corrected chi connectivity index (χ0v) is 15.0. The van der Waals surface area contributed by atoms with E-state index in [1.54, 1.807) is 38.0 Å². The summed E-state index contributed by atoms with van der Waals surface area (Å²) in [4.78, 5) is 29.3. The second-order valence-corrected chi connectivity index (χ2v) is 7.59. The normalized spacial score (nSPS) is 25.6. The van der Waals surface area contributed by atoms with Crippen molar-refractivity contribution >= 4 is 12.0 Å². The van der Waals surface area contributed by atoms with Gasteiger partial charge in [0.2, 0.25) is 0 Å². The summed E-state index contributed by atoms with van der Waals surface area (Å²) in [6, 6.07) is -0.251. The van der Waals surface area contributed by atoms with Gasteiger partial charge in [-0.15, -0.1) is 0 Å². The van der Waals surface area contributed by atoms with Crippen molar-refractivity contribution in [1.29, 1.82) is 0 Å². The van der Waals surface area contributed by atoms with Crippen molar-refractivity contribution in [3.8, 4) is 0 Å². The molecule has 2 amide bonds. The van der Waals surface area contributed by atoms with Crippen molar-refractivity contribution in [1.82, 2.24) is 14.7 Å². The fourth-order valence-corrected chi connectivity index (χ4v) is 3.45. The van der Waals surface area contributed by atoms with Crippen LogP contribution >= 0.6 is 0 Å². The Balaban J connectivity index is 3.42. The van der Waals surface area contributed by atoms with E-state index >= 15 is 0 Å². The van der Waals surface area contributed by atoms with E-state index in [4.69, 9.17) is 0 Å². The van der Waals surface area contributed by atoms with Gasteiger partial charge in [0.1, 0.15) is 0 Å². The molecule has 1 fully saturated rings. The van der Waals surface area contributed by atoms with Gasteiger partial charge < -0.3 is 10.0 Å². The van der Waals surface area contributed by atoms with E-state index in [9.17, 15) is 14.7 Å². The maximum Gasteiger partial charge on any atom is 0.341 e. The molecule has 0 heterocycles. The molecule has 0 spiro atoms. The average molecular weight is 313 g/mol. The van der Waals surface area contributed by atoms with Crippen LogP contribution in [0.5, 0.6) is 0 Å². The second-order valence-electron chi connectivity index (χ2n) is 7.59. The number of hydrogen-bond donors (Lipinski definition) is 1. The lowest BCUT2D eigenvalue weighted by molar-refractivity contribution is -0.156. The van der Waals surface area contributed by atoms with Gasteiger partial charge in [-0.2, -0.15) is 0 Å². The molecule has 0 aromatic heterocycles. The molecule has 6 heteroatoms. The highest BCUT2D eigenvalue weighted by Gasteiger charge is 2.53. The largest absolute Gasteiger partial charge is 0.479 e. The molecule has 1 N–H and O–H groups in total. The molecule has 0 saturated heterocycles. The first kappa shape index (κ1) is 18.7. The summed E-state index contributed by atoms with van der Waals surface area (Å²) in [5, 5.41) is 9.71. The summed E-state index contributed by atoms with van der Waals surface area (Å²) < 4.78 is 0. The summed E-state index contributed by atoms with van der Waals surface area (Å²) in [7, 11) is 6.74. The van der Waals surface area contributed by atoms with Crippen LogP contribution < -0.4 is 0 Å². The maximum absolute atomic E-state index is 12.8. The zero-order valence-electron chi connectivity index (χ0n) is 15.0. The van der Waals surface area contributed by atoms with E-state index in [0.29, 0.717) is 0 Å². The third kappa shape index (κ3) is 3.21. The van der Waals surface area contributed by atoms with Crippen LogP contribution in [0, 0.1) is 5.41 Å². The lowest BCUT2D eigenvalue weighted by atomic mass is 9.63. The predicted octanol–water partition coefficient (Wildman–Crippen LogP) is 2.30. The van der Waals surface area contributed by atoms with E-state index in [0.717, 1.165) is 25.7 Å².